The van der Waals surface area contributed by atoms with E-state index in [4.69, 9.17) is 9.73 Å². The maximum absolute atomic E-state index is 11.6. The summed E-state index contributed by atoms with van der Waals surface area (Å²) in [5, 5.41) is 11.6. The van der Waals surface area contributed by atoms with Crippen molar-refractivity contribution in [2.75, 3.05) is 26.2 Å². The largest absolute Gasteiger partial charge is 0.475 e. The first-order chi connectivity index (χ1) is 16.9. The first-order valence-corrected chi connectivity index (χ1v) is 12.8. The highest BCUT2D eigenvalue weighted by Gasteiger charge is 2.35. The maximum Gasteiger partial charge on any atom is 0.216 e. The Bertz CT molecular complexity index is 1110. The van der Waals surface area contributed by atoms with E-state index in [0.29, 0.717) is 18.4 Å². The van der Waals surface area contributed by atoms with E-state index in [1.54, 1.807) is 0 Å². The van der Waals surface area contributed by atoms with E-state index < -0.39 is 5.60 Å². The quantitative estimate of drug-likeness (QED) is 0.480. The Morgan fingerprint density at radius 1 is 0.886 bits per heavy atom. The minimum absolute atomic E-state index is 0.190. The SMILES string of the molecule is CC1(C)COC(c2cccc(C3(O)CCN(CCC(c4ccccc4)c4ccccc4)CC3)c2)=N1. The number of likely N-dealkylation sites (tertiary alicyclic amines) is 1. The molecule has 0 atom stereocenters. The summed E-state index contributed by atoms with van der Waals surface area (Å²) in [4.78, 5) is 7.21. The average molecular weight is 469 g/mol. The molecule has 2 heterocycles. The van der Waals surface area contributed by atoms with Crippen LogP contribution in [-0.2, 0) is 10.3 Å². The summed E-state index contributed by atoms with van der Waals surface area (Å²) in [7, 11) is 0. The summed E-state index contributed by atoms with van der Waals surface area (Å²) in [6.07, 6.45) is 2.53. The van der Waals surface area contributed by atoms with Crippen LogP contribution in [-0.4, -0.2) is 47.7 Å². The van der Waals surface area contributed by atoms with Crippen LogP contribution in [0.25, 0.3) is 0 Å². The lowest BCUT2D eigenvalue weighted by molar-refractivity contribution is -0.0261. The van der Waals surface area contributed by atoms with Gasteiger partial charge in [0.15, 0.2) is 0 Å². The molecule has 2 aliphatic heterocycles. The minimum Gasteiger partial charge on any atom is -0.475 e. The van der Waals surface area contributed by atoms with Gasteiger partial charge < -0.3 is 14.7 Å². The van der Waals surface area contributed by atoms with Gasteiger partial charge in [-0.15, -0.1) is 0 Å². The smallest absolute Gasteiger partial charge is 0.216 e. The Morgan fingerprint density at radius 2 is 1.51 bits per heavy atom. The van der Waals surface area contributed by atoms with Crippen LogP contribution in [0.1, 0.15) is 61.3 Å². The topological polar surface area (TPSA) is 45.1 Å². The van der Waals surface area contributed by atoms with Crippen molar-refractivity contribution in [3.63, 3.8) is 0 Å². The number of hydrogen-bond acceptors (Lipinski definition) is 4. The fourth-order valence-electron chi connectivity index (χ4n) is 5.32. The highest BCUT2D eigenvalue weighted by atomic mass is 16.5. The van der Waals surface area contributed by atoms with E-state index in [9.17, 15) is 5.11 Å². The van der Waals surface area contributed by atoms with E-state index in [1.165, 1.54) is 11.1 Å². The summed E-state index contributed by atoms with van der Waals surface area (Å²) >= 11 is 0. The highest BCUT2D eigenvalue weighted by molar-refractivity contribution is 5.95. The summed E-state index contributed by atoms with van der Waals surface area (Å²) < 4.78 is 5.83. The molecule has 0 aliphatic carbocycles. The van der Waals surface area contributed by atoms with Crippen molar-refractivity contribution in [3.05, 3.63) is 107 Å². The number of rotatable bonds is 7. The molecule has 0 aromatic heterocycles. The average Bonchev–Trinajstić information content (AvgIpc) is 3.26. The fraction of sp³-hybridized carbons (Fsp3) is 0.387. The summed E-state index contributed by atoms with van der Waals surface area (Å²) in [5.74, 6) is 1.07. The number of hydrogen-bond donors (Lipinski definition) is 1. The first-order valence-electron chi connectivity index (χ1n) is 12.8. The van der Waals surface area contributed by atoms with Gasteiger partial charge in [0.25, 0.3) is 0 Å². The van der Waals surface area contributed by atoms with Gasteiger partial charge in [0.1, 0.15) is 6.61 Å². The van der Waals surface area contributed by atoms with E-state index in [0.717, 1.165) is 50.0 Å². The summed E-state index contributed by atoms with van der Waals surface area (Å²) in [6.45, 7) is 7.55. The molecular formula is C31H36N2O2. The maximum atomic E-state index is 11.6. The number of ether oxygens (including phenoxy) is 1. The van der Waals surface area contributed by atoms with Gasteiger partial charge in [-0.05, 0) is 68.5 Å². The molecule has 3 aromatic carbocycles. The third-order valence-corrected chi connectivity index (χ3v) is 7.43. The Balaban J connectivity index is 1.24. The van der Waals surface area contributed by atoms with Gasteiger partial charge in [-0.3, -0.25) is 0 Å². The van der Waals surface area contributed by atoms with Crippen LogP contribution in [0.3, 0.4) is 0 Å². The van der Waals surface area contributed by atoms with Gasteiger partial charge in [0.05, 0.1) is 11.1 Å². The van der Waals surface area contributed by atoms with Crippen molar-refractivity contribution in [1.29, 1.82) is 0 Å². The van der Waals surface area contributed by atoms with Gasteiger partial charge in [-0.2, -0.15) is 0 Å². The monoisotopic (exact) mass is 468 g/mol. The molecule has 2 aliphatic rings. The standard InChI is InChI=1S/C31H36N2O2/c1-30(2)23-35-29(32-30)26-14-9-15-27(22-26)31(34)17-20-33(21-18-31)19-16-28(24-10-5-3-6-11-24)25-12-7-4-8-13-25/h3-15,22,28,34H,16-21,23H2,1-2H3. The van der Waals surface area contributed by atoms with Crippen molar-refractivity contribution < 1.29 is 9.84 Å². The van der Waals surface area contributed by atoms with Crippen molar-refractivity contribution in [2.24, 2.45) is 4.99 Å². The number of benzene rings is 3. The number of nitrogens with zero attached hydrogens (tertiary/aromatic N) is 2. The number of aliphatic imine (C=N–C) groups is 1. The highest BCUT2D eigenvalue weighted by Crippen LogP contribution is 2.35. The molecule has 1 N–H and O–H groups in total. The summed E-state index contributed by atoms with van der Waals surface area (Å²) in [6, 6.07) is 29.8. The second-order valence-electron chi connectivity index (χ2n) is 10.6. The van der Waals surface area contributed by atoms with Gasteiger partial charge in [-0.25, -0.2) is 4.99 Å². The van der Waals surface area contributed by atoms with Crippen LogP contribution in [0.5, 0.6) is 0 Å². The molecule has 0 bridgehead atoms. The molecule has 1 saturated heterocycles. The van der Waals surface area contributed by atoms with Crippen molar-refractivity contribution in [2.45, 2.75) is 50.2 Å². The predicted octanol–water partition coefficient (Wildman–Crippen LogP) is 5.75. The molecule has 5 rings (SSSR count). The van der Waals surface area contributed by atoms with Gasteiger partial charge >= 0.3 is 0 Å². The van der Waals surface area contributed by atoms with E-state index in [2.05, 4.69) is 85.5 Å². The number of aliphatic hydroxyl groups is 1. The molecule has 0 amide bonds. The number of piperidine rings is 1. The Labute approximate surface area is 209 Å². The fourth-order valence-corrected chi connectivity index (χ4v) is 5.32. The molecule has 0 saturated carbocycles. The van der Waals surface area contributed by atoms with E-state index in [-0.39, 0.29) is 5.54 Å². The normalized spacial score (nSPS) is 19.4. The Hall–Kier alpha value is -2.95. The van der Waals surface area contributed by atoms with Crippen LogP contribution in [0.4, 0.5) is 0 Å². The van der Waals surface area contributed by atoms with Crippen LogP contribution in [0.2, 0.25) is 0 Å². The molecule has 3 aromatic rings. The second-order valence-corrected chi connectivity index (χ2v) is 10.6. The lowest BCUT2D eigenvalue weighted by Crippen LogP contribution is -2.43. The Morgan fingerprint density at radius 3 is 2.09 bits per heavy atom. The van der Waals surface area contributed by atoms with Crippen molar-refractivity contribution in [1.82, 2.24) is 4.90 Å². The molecule has 4 nitrogen and oxygen atoms in total. The molecule has 0 radical (unpaired) electrons. The molecule has 0 unspecified atom stereocenters. The molecule has 4 heteroatoms. The predicted molar refractivity (Wildman–Crippen MR) is 142 cm³/mol. The zero-order valence-corrected chi connectivity index (χ0v) is 20.9. The minimum atomic E-state index is -0.806. The van der Waals surface area contributed by atoms with E-state index >= 15 is 0 Å². The van der Waals surface area contributed by atoms with Gasteiger partial charge in [-0.1, -0.05) is 72.8 Å². The van der Waals surface area contributed by atoms with Gasteiger partial charge in [0, 0.05) is 24.6 Å². The molecule has 35 heavy (non-hydrogen) atoms. The zero-order chi connectivity index (χ0) is 24.3. The van der Waals surface area contributed by atoms with Crippen LogP contribution in [0.15, 0.2) is 89.9 Å². The zero-order valence-electron chi connectivity index (χ0n) is 20.9. The third-order valence-electron chi connectivity index (χ3n) is 7.43. The summed E-state index contributed by atoms with van der Waals surface area (Å²) in [5.41, 5.74) is 3.66. The molecular weight excluding hydrogens is 432 g/mol. The Kier molecular flexibility index (Phi) is 6.77. The van der Waals surface area contributed by atoms with Crippen LogP contribution < -0.4 is 0 Å². The lowest BCUT2D eigenvalue weighted by atomic mass is 9.83. The lowest BCUT2D eigenvalue weighted by Gasteiger charge is -2.39. The van der Waals surface area contributed by atoms with Gasteiger partial charge in [0.2, 0.25) is 5.90 Å². The van der Waals surface area contributed by atoms with E-state index in [1.807, 2.05) is 18.2 Å². The first kappa shape index (κ1) is 23.8. The van der Waals surface area contributed by atoms with Crippen molar-refractivity contribution in [3.8, 4) is 0 Å². The second kappa shape index (κ2) is 9.96. The molecule has 1 fully saturated rings. The third kappa shape index (κ3) is 5.50. The molecule has 182 valence electrons. The molecule has 0 spiro atoms. The van der Waals surface area contributed by atoms with Crippen LogP contribution >= 0.6 is 0 Å². The van der Waals surface area contributed by atoms with Crippen molar-refractivity contribution >= 4 is 5.90 Å². The van der Waals surface area contributed by atoms with Crippen LogP contribution in [0, 0.1) is 0 Å².